The molecule has 1 N–H and O–H groups in total. The van der Waals surface area contributed by atoms with Crippen LogP contribution in [-0.4, -0.2) is 27.3 Å². The second-order valence-electron chi connectivity index (χ2n) is 3.82. The van der Waals surface area contributed by atoms with Gasteiger partial charge >= 0.3 is 0 Å². The second kappa shape index (κ2) is 4.40. The molecule has 16 heavy (non-hydrogen) atoms. The van der Waals surface area contributed by atoms with Gasteiger partial charge in [-0.05, 0) is 37.7 Å². The van der Waals surface area contributed by atoms with Gasteiger partial charge in [-0.15, -0.1) is 15.0 Å². The van der Waals surface area contributed by atoms with Gasteiger partial charge in [0.25, 0.3) is 0 Å². The number of nitrogens with zero attached hydrogens (tertiary/aromatic N) is 4. The smallest absolute Gasteiger partial charge is 0.188 e. The van der Waals surface area contributed by atoms with Crippen LogP contribution in [0.3, 0.4) is 0 Å². The third-order valence-electron chi connectivity index (χ3n) is 2.36. The molecule has 0 bridgehead atoms. The Morgan fingerprint density at radius 3 is 2.81 bits per heavy atom. The number of aryl methyl sites for hydroxylation is 2. The summed E-state index contributed by atoms with van der Waals surface area (Å²) in [5, 5.41) is 15.3. The van der Waals surface area contributed by atoms with E-state index in [4.69, 9.17) is 0 Å². The molecule has 5 heteroatoms. The van der Waals surface area contributed by atoms with Crippen molar-refractivity contribution in [3.63, 3.8) is 0 Å². The van der Waals surface area contributed by atoms with Gasteiger partial charge in [-0.3, -0.25) is 0 Å². The molecule has 1 aromatic carbocycles. The molecule has 2 rings (SSSR count). The molecule has 5 nitrogen and oxygen atoms in total. The number of hydrogen-bond acceptors (Lipinski definition) is 4. The Hall–Kier alpha value is -1.75. The molecule has 84 valence electrons. The lowest BCUT2D eigenvalue weighted by molar-refractivity contribution is 0.707. The van der Waals surface area contributed by atoms with Crippen LogP contribution in [0.15, 0.2) is 18.2 Å². The summed E-state index contributed by atoms with van der Waals surface area (Å²) in [6.45, 7) is 4.74. The lowest BCUT2D eigenvalue weighted by Gasteiger charge is -2.03. The summed E-state index contributed by atoms with van der Waals surface area (Å²) < 4.78 is 0. The predicted molar refractivity (Wildman–Crippen MR) is 61.4 cm³/mol. The maximum atomic E-state index is 4.29. The highest BCUT2D eigenvalue weighted by molar-refractivity contribution is 5.40. The third-order valence-corrected chi connectivity index (χ3v) is 2.36. The Bertz CT molecular complexity index is 489. The van der Waals surface area contributed by atoms with E-state index in [9.17, 15) is 0 Å². The summed E-state index contributed by atoms with van der Waals surface area (Å²) in [5.41, 5.74) is 3.35. The van der Waals surface area contributed by atoms with Gasteiger partial charge in [0.05, 0.1) is 12.2 Å². The molecule has 1 heterocycles. The van der Waals surface area contributed by atoms with Crippen LogP contribution in [0.1, 0.15) is 17.0 Å². The molecule has 0 fully saturated rings. The van der Waals surface area contributed by atoms with Gasteiger partial charge in [-0.25, -0.2) is 0 Å². The topological polar surface area (TPSA) is 55.6 Å². The molecular weight excluding hydrogens is 202 g/mol. The SMILES string of the molecule is CNCc1nnn(-c2ccc(C)cc2C)n1. The second-order valence-corrected chi connectivity index (χ2v) is 3.82. The van der Waals surface area contributed by atoms with Gasteiger partial charge in [0.1, 0.15) is 0 Å². The van der Waals surface area contributed by atoms with Crippen LogP contribution in [0.4, 0.5) is 0 Å². The van der Waals surface area contributed by atoms with Gasteiger partial charge in [-0.2, -0.15) is 0 Å². The quantitative estimate of drug-likeness (QED) is 0.833. The molecule has 0 radical (unpaired) electrons. The number of aromatic nitrogens is 4. The molecule has 0 aliphatic rings. The van der Waals surface area contributed by atoms with Crippen LogP contribution in [-0.2, 0) is 6.54 Å². The zero-order valence-corrected chi connectivity index (χ0v) is 9.73. The fourth-order valence-corrected chi connectivity index (χ4v) is 1.60. The minimum Gasteiger partial charge on any atom is -0.313 e. The van der Waals surface area contributed by atoms with Crippen LogP contribution < -0.4 is 5.32 Å². The highest BCUT2D eigenvalue weighted by Crippen LogP contribution is 2.13. The van der Waals surface area contributed by atoms with Gasteiger partial charge in [-0.1, -0.05) is 17.7 Å². The molecule has 1 aromatic heterocycles. The number of hydrogen-bond donors (Lipinski definition) is 1. The van der Waals surface area contributed by atoms with Crippen molar-refractivity contribution in [3.05, 3.63) is 35.2 Å². The summed E-state index contributed by atoms with van der Waals surface area (Å²) in [4.78, 5) is 1.57. The molecule has 0 saturated heterocycles. The fraction of sp³-hybridized carbons (Fsp3) is 0.364. The van der Waals surface area contributed by atoms with Crippen molar-refractivity contribution in [3.8, 4) is 5.69 Å². The molecule has 0 aliphatic carbocycles. The van der Waals surface area contributed by atoms with Crippen molar-refractivity contribution >= 4 is 0 Å². The van der Waals surface area contributed by atoms with Crippen molar-refractivity contribution in [1.82, 2.24) is 25.5 Å². The first-order chi connectivity index (χ1) is 7.70. The van der Waals surface area contributed by atoms with Crippen LogP contribution in [0.2, 0.25) is 0 Å². The van der Waals surface area contributed by atoms with Crippen LogP contribution in [0, 0.1) is 13.8 Å². The summed E-state index contributed by atoms with van der Waals surface area (Å²) >= 11 is 0. The molecule has 0 atom stereocenters. The van der Waals surface area contributed by atoms with Gasteiger partial charge in [0.2, 0.25) is 0 Å². The highest BCUT2D eigenvalue weighted by Gasteiger charge is 2.06. The van der Waals surface area contributed by atoms with E-state index in [1.807, 2.05) is 26.1 Å². The molecule has 2 aromatic rings. The van der Waals surface area contributed by atoms with E-state index in [1.54, 1.807) is 4.80 Å². The Balaban J connectivity index is 2.35. The van der Waals surface area contributed by atoms with E-state index in [-0.39, 0.29) is 0 Å². The van der Waals surface area contributed by atoms with Crippen molar-refractivity contribution in [2.24, 2.45) is 0 Å². The summed E-state index contributed by atoms with van der Waals surface area (Å²) in [7, 11) is 1.86. The third kappa shape index (κ3) is 2.09. The van der Waals surface area contributed by atoms with E-state index < -0.39 is 0 Å². The first-order valence-electron chi connectivity index (χ1n) is 5.22. The fourth-order valence-electron chi connectivity index (χ4n) is 1.60. The molecule has 0 aliphatic heterocycles. The van der Waals surface area contributed by atoms with Crippen molar-refractivity contribution in [2.45, 2.75) is 20.4 Å². The zero-order chi connectivity index (χ0) is 11.5. The van der Waals surface area contributed by atoms with E-state index in [1.165, 1.54) is 5.56 Å². The monoisotopic (exact) mass is 217 g/mol. The van der Waals surface area contributed by atoms with Crippen molar-refractivity contribution in [2.75, 3.05) is 7.05 Å². The molecular formula is C11H15N5. The summed E-state index contributed by atoms with van der Waals surface area (Å²) in [5.74, 6) is 0.697. The lowest BCUT2D eigenvalue weighted by Crippen LogP contribution is -2.07. The number of nitrogens with one attached hydrogen (secondary N) is 1. The Labute approximate surface area is 94.5 Å². The predicted octanol–water partition coefficient (Wildman–Crippen LogP) is 0.999. The van der Waals surface area contributed by atoms with Crippen LogP contribution >= 0.6 is 0 Å². The van der Waals surface area contributed by atoms with E-state index in [0.29, 0.717) is 12.4 Å². The largest absolute Gasteiger partial charge is 0.313 e. The molecule has 0 saturated carbocycles. The Morgan fingerprint density at radius 2 is 2.12 bits per heavy atom. The van der Waals surface area contributed by atoms with E-state index >= 15 is 0 Å². The van der Waals surface area contributed by atoms with Crippen LogP contribution in [0.5, 0.6) is 0 Å². The average molecular weight is 217 g/mol. The molecule has 0 unspecified atom stereocenters. The van der Waals surface area contributed by atoms with Gasteiger partial charge in [0.15, 0.2) is 5.82 Å². The molecule has 0 spiro atoms. The van der Waals surface area contributed by atoms with Crippen molar-refractivity contribution in [1.29, 1.82) is 0 Å². The van der Waals surface area contributed by atoms with Gasteiger partial charge in [0, 0.05) is 0 Å². The first-order valence-corrected chi connectivity index (χ1v) is 5.22. The average Bonchev–Trinajstić information content (AvgIpc) is 2.67. The minimum atomic E-state index is 0.630. The number of benzene rings is 1. The Morgan fingerprint density at radius 1 is 1.31 bits per heavy atom. The highest BCUT2D eigenvalue weighted by atomic mass is 15.6. The van der Waals surface area contributed by atoms with Crippen LogP contribution in [0.25, 0.3) is 5.69 Å². The minimum absolute atomic E-state index is 0.630. The van der Waals surface area contributed by atoms with E-state index in [2.05, 4.69) is 33.7 Å². The van der Waals surface area contributed by atoms with Crippen molar-refractivity contribution < 1.29 is 0 Å². The molecule has 0 amide bonds. The van der Waals surface area contributed by atoms with Gasteiger partial charge < -0.3 is 5.32 Å². The maximum absolute atomic E-state index is 4.29. The number of rotatable bonds is 3. The number of tetrazole rings is 1. The Kier molecular flexibility index (Phi) is 2.96. The summed E-state index contributed by atoms with van der Waals surface area (Å²) in [6.07, 6.45) is 0. The zero-order valence-electron chi connectivity index (χ0n) is 9.73. The lowest BCUT2D eigenvalue weighted by atomic mass is 10.1. The maximum Gasteiger partial charge on any atom is 0.188 e. The normalized spacial score (nSPS) is 10.7. The summed E-state index contributed by atoms with van der Waals surface area (Å²) in [6, 6.07) is 6.16. The first kappa shape index (κ1) is 10.8. The van der Waals surface area contributed by atoms with E-state index in [0.717, 1.165) is 11.3 Å². The standard InChI is InChI=1S/C11H15N5/c1-8-4-5-10(9(2)6-8)16-14-11(7-12-3)13-15-16/h4-6,12H,7H2,1-3H3.